The van der Waals surface area contributed by atoms with Crippen molar-refractivity contribution in [2.45, 2.75) is 57.9 Å². The third-order valence-corrected chi connectivity index (χ3v) is 5.28. The van der Waals surface area contributed by atoms with E-state index in [1.807, 2.05) is 30.3 Å². The number of nitrogens with one attached hydrogen (secondary N) is 1. The molecule has 2 unspecified atom stereocenters. The van der Waals surface area contributed by atoms with Crippen LogP contribution in [0.25, 0.3) is 11.1 Å². The monoisotopic (exact) mass is 428 g/mol. The number of rotatable bonds is 12. The number of esters is 1. The highest BCUT2D eigenvalue weighted by atomic mass is 19.1. The van der Waals surface area contributed by atoms with Gasteiger partial charge in [0.1, 0.15) is 12.4 Å². The third kappa shape index (κ3) is 7.79. The van der Waals surface area contributed by atoms with Gasteiger partial charge < -0.3 is 15.8 Å². The van der Waals surface area contributed by atoms with Crippen molar-refractivity contribution in [2.24, 2.45) is 5.73 Å². The Morgan fingerprint density at radius 3 is 2.48 bits per heavy atom. The largest absolute Gasteiger partial charge is 0.463 e. The van der Waals surface area contributed by atoms with Gasteiger partial charge in [0.05, 0.1) is 18.5 Å². The van der Waals surface area contributed by atoms with E-state index in [9.17, 15) is 14.0 Å². The van der Waals surface area contributed by atoms with Crippen LogP contribution in [0.15, 0.2) is 48.5 Å². The Balaban J connectivity index is 1.78. The highest BCUT2D eigenvalue weighted by Gasteiger charge is 2.21. The highest BCUT2D eigenvalue weighted by Crippen LogP contribution is 2.26. The fourth-order valence-corrected chi connectivity index (χ4v) is 3.32. The maximum atomic E-state index is 14.6. The second kappa shape index (κ2) is 12.8. The van der Waals surface area contributed by atoms with E-state index in [0.29, 0.717) is 6.42 Å². The summed E-state index contributed by atoms with van der Waals surface area (Å²) in [6.45, 7) is 3.92. The van der Waals surface area contributed by atoms with Crippen LogP contribution >= 0.6 is 0 Å². The maximum Gasteiger partial charge on any atom is 0.313 e. The zero-order chi connectivity index (χ0) is 22.6. The summed E-state index contributed by atoms with van der Waals surface area (Å²) in [6, 6.07) is 13.8. The first-order valence-corrected chi connectivity index (χ1v) is 11.0. The van der Waals surface area contributed by atoms with E-state index in [2.05, 4.69) is 12.2 Å². The van der Waals surface area contributed by atoms with Crippen LogP contribution in [-0.4, -0.2) is 31.1 Å². The predicted octanol–water partition coefficient (Wildman–Crippen LogP) is 4.55. The molecule has 6 heteroatoms. The predicted molar refractivity (Wildman–Crippen MR) is 121 cm³/mol. The molecule has 0 fully saturated rings. The van der Waals surface area contributed by atoms with E-state index < -0.39 is 23.7 Å². The van der Waals surface area contributed by atoms with Gasteiger partial charge in [0, 0.05) is 5.56 Å². The Hall–Kier alpha value is -2.73. The number of nitrogens with two attached hydrogens (primary N) is 1. The molecule has 0 saturated carbocycles. The van der Waals surface area contributed by atoms with Crippen molar-refractivity contribution < 1.29 is 18.7 Å². The van der Waals surface area contributed by atoms with Crippen LogP contribution in [0.1, 0.15) is 57.4 Å². The summed E-state index contributed by atoms with van der Waals surface area (Å²) in [7, 11) is 0. The molecule has 2 atom stereocenters. The van der Waals surface area contributed by atoms with Crippen molar-refractivity contribution in [3.05, 3.63) is 59.9 Å². The minimum atomic E-state index is -0.749. The average Bonchev–Trinajstić information content (AvgIpc) is 2.79. The zero-order valence-electron chi connectivity index (χ0n) is 18.4. The molecule has 0 aliphatic rings. The summed E-state index contributed by atoms with van der Waals surface area (Å²) in [5.41, 5.74) is 7.81. The fourth-order valence-electron chi connectivity index (χ4n) is 3.32. The zero-order valence-corrected chi connectivity index (χ0v) is 18.4. The second-order valence-corrected chi connectivity index (χ2v) is 7.74. The summed E-state index contributed by atoms with van der Waals surface area (Å²) in [4.78, 5) is 24.3. The van der Waals surface area contributed by atoms with E-state index in [1.165, 1.54) is 6.07 Å². The molecule has 2 rings (SSSR count). The lowest BCUT2D eigenvalue weighted by Crippen LogP contribution is -2.42. The van der Waals surface area contributed by atoms with E-state index in [1.54, 1.807) is 19.1 Å². The van der Waals surface area contributed by atoms with E-state index >= 15 is 0 Å². The van der Waals surface area contributed by atoms with Gasteiger partial charge in [0.2, 0.25) is 5.91 Å². The Labute approximate surface area is 184 Å². The van der Waals surface area contributed by atoms with Gasteiger partial charge >= 0.3 is 5.97 Å². The Kier molecular flexibility index (Phi) is 10.2. The van der Waals surface area contributed by atoms with Gasteiger partial charge in [-0.2, -0.15) is 0 Å². The number of carbonyl (C=O) groups excluding carboxylic acids is 2. The third-order valence-electron chi connectivity index (χ3n) is 5.28. The number of unbranched alkanes of at least 4 members (excludes halogenated alkanes) is 3. The van der Waals surface area contributed by atoms with Crippen LogP contribution in [0.5, 0.6) is 0 Å². The van der Waals surface area contributed by atoms with Gasteiger partial charge in [-0.1, -0.05) is 75.1 Å². The molecule has 168 valence electrons. The number of carbonyl (C=O) groups is 2. The van der Waals surface area contributed by atoms with E-state index in [-0.39, 0.29) is 24.6 Å². The van der Waals surface area contributed by atoms with Crippen molar-refractivity contribution in [2.75, 3.05) is 13.2 Å². The molecule has 0 aliphatic heterocycles. The summed E-state index contributed by atoms with van der Waals surface area (Å²) in [5.74, 6) is -1.98. The minimum Gasteiger partial charge on any atom is -0.463 e. The molecule has 0 radical (unpaired) electrons. The van der Waals surface area contributed by atoms with Crippen LogP contribution in [-0.2, 0) is 14.3 Å². The van der Waals surface area contributed by atoms with E-state index in [4.69, 9.17) is 10.5 Å². The van der Waals surface area contributed by atoms with Gasteiger partial charge in [0.15, 0.2) is 0 Å². The van der Waals surface area contributed by atoms with Crippen LogP contribution in [0.3, 0.4) is 0 Å². The molecule has 0 saturated heterocycles. The number of halogens is 1. The van der Waals surface area contributed by atoms with E-state index in [0.717, 1.165) is 36.8 Å². The molecule has 1 amide bonds. The first-order valence-electron chi connectivity index (χ1n) is 11.0. The highest BCUT2D eigenvalue weighted by molar-refractivity contribution is 5.81. The molecule has 0 heterocycles. The molecule has 0 spiro atoms. The standard InChI is InChI=1S/C25H33FN2O3/c1-3-4-5-9-12-23(27)24(29)28-15-16-31-25(30)18(2)21-14-13-20(17-22(21)26)19-10-7-6-8-11-19/h6-8,10-11,13-14,17-18,23H,3-5,9,12,15-16,27H2,1-2H3,(H,28,29). The second-order valence-electron chi connectivity index (χ2n) is 7.74. The van der Waals surface area contributed by atoms with Crippen molar-refractivity contribution in [1.29, 1.82) is 0 Å². The van der Waals surface area contributed by atoms with Crippen LogP contribution < -0.4 is 11.1 Å². The van der Waals surface area contributed by atoms with Gasteiger partial charge in [0.25, 0.3) is 0 Å². The molecular formula is C25H33FN2O3. The van der Waals surface area contributed by atoms with Gasteiger partial charge in [-0.3, -0.25) is 9.59 Å². The fraction of sp³-hybridized carbons (Fsp3) is 0.440. The molecule has 3 N–H and O–H groups in total. The molecule has 31 heavy (non-hydrogen) atoms. The lowest BCUT2D eigenvalue weighted by atomic mass is 9.97. The molecule has 5 nitrogen and oxygen atoms in total. The quantitative estimate of drug-likeness (QED) is 0.384. The van der Waals surface area contributed by atoms with Crippen molar-refractivity contribution in [3.8, 4) is 11.1 Å². The smallest absolute Gasteiger partial charge is 0.313 e. The number of hydrogen-bond donors (Lipinski definition) is 2. The van der Waals surface area contributed by atoms with Crippen molar-refractivity contribution in [1.82, 2.24) is 5.32 Å². The number of benzene rings is 2. The normalized spacial score (nSPS) is 12.8. The Morgan fingerprint density at radius 1 is 1.06 bits per heavy atom. The average molecular weight is 429 g/mol. The number of ether oxygens (including phenoxy) is 1. The molecule has 2 aromatic carbocycles. The van der Waals surface area contributed by atoms with Crippen LogP contribution in [0.4, 0.5) is 4.39 Å². The SMILES string of the molecule is CCCCCCC(N)C(=O)NCCOC(=O)C(C)c1ccc(-c2ccccc2)cc1F. The Morgan fingerprint density at radius 2 is 1.81 bits per heavy atom. The number of amides is 1. The lowest BCUT2D eigenvalue weighted by molar-refractivity contribution is -0.145. The molecule has 2 aromatic rings. The molecule has 0 aromatic heterocycles. The van der Waals surface area contributed by atoms with Crippen molar-refractivity contribution in [3.63, 3.8) is 0 Å². The summed E-state index contributed by atoms with van der Waals surface area (Å²) in [6.07, 6.45) is 4.89. The lowest BCUT2D eigenvalue weighted by Gasteiger charge is -2.15. The van der Waals surface area contributed by atoms with Gasteiger partial charge in [-0.15, -0.1) is 0 Å². The molecule has 0 aliphatic carbocycles. The topological polar surface area (TPSA) is 81.4 Å². The Bertz CT molecular complexity index is 842. The minimum absolute atomic E-state index is 0.0151. The van der Waals surface area contributed by atoms with Crippen molar-refractivity contribution >= 4 is 11.9 Å². The number of hydrogen-bond acceptors (Lipinski definition) is 4. The molecular weight excluding hydrogens is 395 g/mol. The first-order chi connectivity index (χ1) is 14.9. The summed E-state index contributed by atoms with van der Waals surface area (Å²) >= 11 is 0. The first kappa shape index (κ1) is 24.5. The van der Waals surface area contributed by atoms with Crippen LogP contribution in [0.2, 0.25) is 0 Å². The van der Waals surface area contributed by atoms with Crippen LogP contribution in [0, 0.1) is 5.82 Å². The van der Waals surface area contributed by atoms with Gasteiger partial charge in [-0.25, -0.2) is 4.39 Å². The molecule has 0 bridgehead atoms. The summed E-state index contributed by atoms with van der Waals surface area (Å²) in [5, 5.41) is 2.68. The summed E-state index contributed by atoms with van der Waals surface area (Å²) < 4.78 is 19.8. The van der Waals surface area contributed by atoms with Gasteiger partial charge in [-0.05, 0) is 30.5 Å². The maximum absolute atomic E-state index is 14.6.